The summed E-state index contributed by atoms with van der Waals surface area (Å²) in [4.78, 5) is 12.3. The largest absolute Gasteiger partial charge is 0.394 e. The first-order valence-electron chi connectivity index (χ1n) is 12.8. The summed E-state index contributed by atoms with van der Waals surface area (Å²) < 4.78 is 23.4. The SMILES string of the molecule is CNC1C(O)[C@@H](O)[C@H](CO)O[C@H]1O[C@H]1OC(C)[C@@](O)(C=O)C1(C)O[C@@H]1C(NC(=N)N)C(O)[C@@H](NC(=N)N)C(O)[C@H]1O. The van der Waals surface area contributed by atoms with Crippen molar-refractivity contribution in [3.05, 3.63) is 0 Å². The number of ether oxygens (including phenoxy) is 4. The molecule has 0 aromatic heterocycles. The Hall–Kier alpha value is -2.27. The third-order valence-corrected chi connectivity index (χ3v) is 8.01. The molecule has 3 fully saturated rings. The summed E-state index contributed by atoms with van der Waals surface area (Å²) in [6, 6.07) is -4.02. The van der Waals surface area contributed by atoms with E-state index in [0.29, 0.717) is 0 Å². The van der Waals surface area contributed by atoms with Gasteiger partial charge < -0.3 is 82.1 Å². The summed E-state index contributed by atoms with van der Waals surface area (Å²) in [5, 5.41) is 97.3. The van der Waals surface area contributed by atoms with Crippen LogP contribution in [0, 0.1) is 10.8 Å². The molecule has 16 N–H and O–H groups in total. The summed E-state index contributed by atoms with van der Waals surface area (Å²) in [5.41, 5.74) is 6.10. The molecular formula is C22H41N7O12. The monoisotopic (exact) mass is 595 g/mol. The lowest BCUT2D eigenvalue weighted by Gasteiger charge is -2.50. The van der Waals surface area contributed by atoms with E-state index in [1.54, 1.807) is 0 Å². The second-order valence-electron chi connectivity index (χ2n) is 10.5. The summed E-state index contributed by atoms with van der Waals surface area (Å²) in [7, 11) is 1.43. The van der Waals surface area contributed by atoms with Gasteiger partial charge in [-0.1, -0.05) is 0 Å². The Balaban J connectivity index is 2.01. The van der Waals surface area contributed by atoms with E-state index in [1.165, 1.54) is 20.9 Å². The zero-order valence-corrected chi connectivity index (χ0v) is 22.6. The van der Waals surface area contributed by atoms with Gasteiger partial charge >= 0.3 is 0 Å². The molecule has 2 aliphatic heterocycles. The molecule has 2 saturated heterocycles. The van der Waals surface area contributed by atoms with Crippen LogP contribution in [-0.4, -0.2) is 158 Å². The van der Waals surface area contributed by atoms with Gasteiger partial charge in [0.25, 0.3) is 0 Å². The Morgan fingerprint density at radius 3 is 2.02 bits per heavy atom. The number of likely N-dealkylation sites (N-methyl/N-ethyl adjacent to an activating group) is 1. The van der Waals surface area contributed by atoms with E-state index in [2.05, 4.69) is 16.0 Å². The predicted octanol–water partition coefficient (Wildman–Crippen LogP) is -7.35. The van der Waals surface area contributed by atoms with Crippen LogP contribution in [0.4, 0.5) is 0 Å². The van der Waals surface area contributed by atoms with Crippen molar-refractivity contribution in [1.82, 2.24) is 16.0 Å². The van der Waals surface area contributed by atoms with Crippen molar-refractivity contribution in [1.29, 1.82) is 10.8 Å². The average molecular weight is 596 g/mol. The maximum atomic E-state index is 12.3. The fourth-order valence-corrected chi connectivity index (χ4v) is 5.53. The van der Waals surface area contributed by atoms with Crippen molar-refractivity contribution in [3.63, 3.8) is 0 Å². The van der Waals surface area contributed by atoms with E-state index >= 15 is 0 Å². The van der Waals surface area contributed by atoms with Gasteiger partial charge in [-0.3, -0.25) is 15.6 Å². The number of aliphatic hydroxyl groups excluding tert-OH is 6. The molecule has 1 saturated carbocycles. The van der Waals surface area contributed by atoms with Crippen molar-refractivity contribution in [2.45, 2.75) is 105 Å². The maximum absolute atomic E-state index is 12.3. The number of hydrogen-bond donors (Lipinski definition) is 14. The first-order chi connectivity index (χ1) is 19.1. The molecule has 41 heavy (non-hydrogen) atoms. The van der Waals surface area contributed by atoms with Gasteiger partial charge in [0.2, 0.25) is 0 Å². The third-order valence-electron chi connectivity index (χ3n) is 8.01. The van der Waals surface area contributed by atoms with Crippen LogP contribution in [0.2, 0.25) is 0 Å². The van der Waals surface area contributed by atoms with E-state index < -0.39 is 109 Å². The lowest BCUT2D eigenvalue weighted by Crippen LogP contribution is -2.75. The Labute approximate surface area is 234 Å². The van der Waals surface area contributed by atoms with Crippen LogP contribution in [0.5, 0.6) is 0 Å². The third kappa shape index (κ3) is 5.85. The normalized spacial score (nSPS) is 48.4. The van der Waals surface area contributed by atoms with Crippen LogP contribution in [0.15, 0.2) is 0 Å². The van der Waals surface area contributed by atoms with Gasteiger partial charge in [-0.05, 0) is 20.9 Å². The minimum Gasteiger partial charge on any atom is -0.394 e. The van der Waals surface area contributed by atoms with E-state index in [0.717, 1.165) is 0 Å². The first kappa shape index (κ1) is 33.2. The van der Waals surface area contributed by atoms with Crippen molar-refractivity contribution in [2.75, 3.05) is 13.7 Å². The molecule has 7 unspecified atom stereocenters. The van der Waals surface area contributed by atoms with E-state index in [9.17, 15) is 40.5 Å². The standard InChI is InChI=1S/C22H41N7O12/c1-6-22(37,5-31)21(2,18(38-6)40-17-10(27-3)14(35)11(32)7(4-30)39-17)41-16-9(29-20(25)26)12(33)8(28-19(23)24)13(34)15(16)36/h5-18,27,30,32-37H,4H2,1-3H3,(H4,23,24,28)(H4,25,26,29)/t6?,7-,8+,9?,10?,11-,12?,13?,14?,15+,16+,17-,18+,21?,22-/m0/s1. The van der Waals surface area contributed by atoms with Gasteiger partial charge in [-0.15, -0.1) is 0 Å². The van der Waals surface area contributed by atoms with Gasteiger partial charge in [0.1, 0.15) is 36.6 Å². The van der Waals surface area contributed by atoms with Gasteiger partial charge in [-0.25, -0.2) is 0 Å². The molecule has 0 spiro atoms. The van der Waals surface area contributed by atoms with Gasteiger partial charge in [-0.2, -0.15) is 0 Å². The van der Waals surface area contributed by atoms with Gasteiger partial charge in [0, 0.05) is 0 Å². The predicted molar refractivity (Wildman–Crippen MR) is 136 cm³/mol. The lowest BCUT2D eigenvalue weighted by molar-refractivity contribution is -0.342. The highest BCUT2D eigenvalue weighted by molar-refractivity contribution is 5.76. The van der Waals surface area contributed by atoms with E-state index in [-0.39, 0.29) is 6.29 Å². The number of rotatable bonds is 9. The first-order valence-corrected chi connectivity index (χ1v) is 12.8. The zero-order valence-electron chi connectivity index (χ0n) is 22.6. The highest BCUT2D eigenvalue weighted by atomic mass is 16.8. The molecule has 0 aromatic rings. The zero-order chi connectivity index (χ0) is 31.0. The number of carbonyl (C=O) groups is 1. The van der Waals surface area contributed by atoms with Crippen molar-refractivity contribution >= 4 is 18.2 Å². The summed E-state index contributed by atoms with van der Waals surface area (Å²) in [5.74, 6) is -1.32. The second kappa shape index (κ2) is 12.5. The molecular weight excluding hydrogens is 554 g/mol. The number of guanidine groups is 2. The fourth-order valence-electron chi connectivity index (χ4n) is 5.53. The number of hydrogen-bond acceptors (Lipinski definition) is 15. The Kier molecular flexibility index (Phi) is 10.2. The Bertz CT molecular complexity index is 968. The van der Waals surface area contributed by atoms with Crippen LogP contribution in [-0.2, 0) is 23.7 Å². The summed E-state index contributed by atoms with van der Waals surface area (Å²) >= 11 is 0. The molecule has 0 aromatic carbocycles. The molecule has 2 heterocycles. The second-order valence-corrected chi connectivity index (χ2v) is 10.5. The maximum Gasteiger partial charge on any atom is 0.193 e. The van der Waals surface area contributed by atoms with Crippen molar-refractivity contribution < 1.29 is 59.5 Å². The number of carbonyl (C=O) groups excluding carboxylic acids is 1. The number of nitrogens with one attached hydrogen (secondary N) is 5. The van der Waals surface area contributed by atoms with E-state index in [1.807, 2.05) is 0 Å². The van der Waals surface area contributed by atoms with E-state index in [4.69, 9.17) is 41.2 Å². The Morgan fingerprint density at radius 2 is 1.51 bits per heavy atom. The molecule has 1 aliphatic carbocycles. The molecule has 15 atom stereocenters. The van der Waals surface area contributed by atoms with Crippen LogP contribution < -0.4 is 27.4 Å². The molecule has 19 nitrogen and oxygen atoms in total. The number of aliphatic hydroxyl groups is 7. The number of aldehydes is 1. The molecule has 236 valence electrons. The lowest BCUT2D eigenvalue weighted by atomic mass is 9.79. The minimum atomic E-state index is -2.49. The Morgan fingerprint density at radius 1 is 0.951 bits per heavy atom. The van der Waals surface area contributed by atoms with Gasteiger partial charge in [0.15, 0.2) is 42.0 Å². The van der Waals surface area contributed by atoms with Crippen LogP contribution in [0.25, 0.3) is 0 Å². The van der Waals surface area contributed by atoms with Gasteiger partial charge in [0.05, 0.1) is 36.9 Å². The minimum absolute atomic E-state index is 0.128. The summed E-state index contributed by atoms with van der Waals surface area (Å²) in [6.45, 7) is 1.82. The van der Waals surface area contributed by atoms with Crippen LogP contribution in [0.1, 0.15) is 13.8 Å². The smallest absolute Gasteiger partial charge is 0.193 e. The van der Waals surface area contributed by atoms with Crippen LogP contribution >= 0.6 is 0 Å². The molecule has 0 amide bonds. The van der Waals surface area contributed by atoms with Crippen LogP contribution in [0.3, 0.4) is 0 Å². The molecule has 0 radical (unpaired) electrons. The van der Waals surface area contributed by atoms with Crippen molar-refractivity contribution in [3.8, 4) is 0 Å². The number of nitrogens with two attached hydrogens (primary N) is 2. The highest BCUT2D eigenvalue weighted by Crippen LogP contribution is 2.45. The molecule has 0 bridgehead atoms. The quantitative estimate of drug-likeness (QED) is 0.0668. The van der Waals surface area contributed by atoms with Crippen molar-refractivity contribution in [2.24, 2.45) is 11.5 Å². The highest BCUT2D eigenvalue weighted by Gasteiger charge is 2.68. The molecule has 19 heteroatoms. The molecule has 3 aliphatic rings. The fraction of sp³-hybridized carbons (Fsp3) is 0.864. The average Bonchev–Trinajstić information content (AvgIpc) is 3.09. The molecule has 3 rings (SSSR count). The summed E-state index contributed by atoms with van der Waals surface area (Å²) in [6.07, 6.45) is -15.8. The topological polar surface area (TPSA) is 331 Å².